The second-order valence-electron chi connectivity index (χ2n) is 4.92. The van der Waals surface area contributed by atoms with Crippen LogP contribution in [0.5, 0.6) is 0 Å². The number of fused-ring (bicyclic) bond motifs is 1. The lowest BCUT2D eigenvalue weighted by Crippen LogP contribution is -2.28. The molecule has 0 amide bonds. The fourth-order valence-electron chi connectivity index (χ4n) is 2.68. The summed E-state index contributed by atoms with van der Waals surface area (Å²) in [6.07, 6.45) is 0.357. The second-order valence-corrected chi connectivity index (χ2v) is 5.33. The van der Waals surface area contributed by atoms with E-state index in [0.717, 1.165) is 17.0 Å². The fourth-order valence-corrected chi connectivity index (χ4v) is 2.88. The van der Waals surface area contributed by atoms with Crippen molar-refractivity contribution in [1.82, 2.24) is 5.32 Å². The molecule has 0 unspecified atom stereocenters. The molecule has 0 heterocycles. The molecule has 1 aliphatic rings. The number of nitrogens with one attached hydrogen (secondary N) is 1. The molecule has 2 nitrogen and oxygen atoms in total. The van der Waals surface area contributed by atoms with Crippen LogP contribution in [-0.4, -0.2) is 11.2 Å². The number of aliphatic hydroxyl groups is 1. The second kappa shape index (κ2) is 5.33. The summed E-state index contributed by atoms with van der Waals surface area (Å²) < 4.78 is 0. The zero-order valence-electron chi connectivity index (χ0n) is 10.5. The average molecular weight is 274 g/mol. The monoisotopic (exact) mass is 273 g/mol. The first kappa shape index (κ1) is 12.7. The van der Waals surface area contributed by atoms with Crippen molar-refractivity contribution < 1.29 is 5.11 Å². The van der Waals surface area contributed by atoms with Gasteiger partial charge in [0.2, 0.25) is 0 Å². The van der Waals surface area contributed by atoms with Gasteiger partial charge in [0.25, 0.3) is 0 Å². The molecule has 0 aliphatic heterocycles. The van der Waals surface area contributed by atoms with Gasteiger partial charge in [-0.3, -0.25) is 0 Å². The standard InChI is InChI=1S/C16H16ClNO/c17-14-8-4-2-6-12(14)10-18-16-13-7-3-1-5-11(13)9-15(16)19/h1-8,15-16,18-19H,9-10H2/t15-,16+/m0/s1. The molecule has 0 radical (unpaired) electrons. The highest BCUT2D eigenvalue weighted by Gasteiger charge is 2.30. The Morgan fingerprint density at radius 1 is 1.11 bits per heavy atom. The molecule has 2 atom stereocenters. The van der Waals surface area contributed by atoms with Crippen LogP contribution in [0.4, 0.5) is 0 Å². The number of halogens is 1. The molecule has 2 N–H and O–H groups in total. The summed E-state index contributed by atoms with van der Waals surface area (Å²) in [6.45, 7) is 0.662. The van der Waals surface area contributed by atoms with Crippen LogP contribution in [0.1, 0.15) is 22.7 Å². The van der Waals surface area contributed by atoms with Crippen LogP contribution in [0.2, 0.25) is 5.02 Å². The number of hydrogen-bond donors (Lipinski definition) is 2. The van der Waals surface area contributed by atoms with Crippen LogP contribution in [0.15, 0.2) is 48.5 Å². The van der Waals surface area contributed by atoms with Crippen LogP contribution >= 0.6 is 11.6 Å². The van der Waals surface area contributed by atoms with Crippen LogP contribution < -0.4 is 5.32 Å². The highest BCUT2D eigenvalue weighted by molar-refractivity contribution is 6.31. The normalized spacial score (nSPS) is 21.4. The molecule has 0 aromatic heterocycles. The van der Waals surface area contributed by atoms with E-state index in [2.05, 4.69) is 17.4 Å². The van der Waals surface area contributed by atoms with E-state index < -0.39 is 0 Å². The number of aliphatic hydroxyl groups excluding tert-OH is 1. The van der Waals surface area contributed by atoms with Gasteiger partial charge in [-0.2, -0.15) is 0 Å². The van der Waals surface area contributed by atoms with Crippen molar-refractivity contribution >= 4 is 11.6 Å². The Kier molecular flexibility index (Phi) is 3.56. The van der Waals surface area contributed by atoms with E-state index in [9.17, 15) is 5.11 Å². The Balaban J connectivity index is 1.76. The molecular weight excluding hydrogens is 258 g/mol. The highest BCUT2D eigenvalue weighted by Crippen LogP contribution is 2.31. The summed E-state index contributed by atoms with van der Waals surface area (Å²) in [5.74, 6) is 0. The average Bonchev–Trinajstić information content (AvgIpc) is 2.74. The lowest BCUT2D eigenvalue weighted by Gasteiger charge is -2.18. The van der Waals surface area contributed by atoms with E-state index in [4.69, 9.17) is 11.6 Å². The van der Waals surface area contributed by atoms with E-state index in [-0.39, 0.29) is 12.1 Å². The van der Waals surface area contributed by atoms with Crippen LogP contribution in [-0.2, 0) is 13.0 Å². The van der Waals surface area contributed by atoms with Crippen molar-refractivity contribution in [3.8, 4) is 0 Å². The quantitative estimate of drug-likeness (QED) is 0.901. The molecular formula is C16H16ClNO. The Morgan fingerprint density at radius 2 is 1.84 bits per heavy atom. The third kappa shape index (κ3) is 2.52. The lowest BCUT2D eigenvalue weighted by molar-refractivity contribution is 0.140. The molecule has 0 saturated heterocycles. The molecule has 0 spiro atoms. The summed E-state index contributed by atoms with van der Waals surface area (Å²) in [5, 5.41) is 14.3. The van der Waals surface area contributed by atoms with E-state index >= 15 is 0 Å². The number of hydrogen-bond acceptors (Lipinski definition) is 2. The first-order valence-electron chi connectivity index (χ1n) is 6.48. The largest absolute Gasteiger partial charge is 0.391 e. The van der Waals surface area contributed by atoms with Gasteiger partial charge >= 0.3 is 0 Å². The van der Waals surface area contributed by atoms with Crippen molar-refractivity contribution in [3.63, 3.8) is 0 Å². The molecule has 3 heteroatoms. The smallest absolute Gasteiger partial charge is 0.0775 e. The van der Waals surface area contributed by atoms with E-state index in [0.29, 0.717) is 6.54 Å². The molecule has 0 bridgehead atoms. The van der Waals surface area contributed by atoms with Gasteiger partial charge in [-0.1, -0.05) is 54.1 Å². The van der Waals surface area contributed by atoms with E-state index in [1.54, 1.807) is 0 Å². The summed E-state index contributed by atoms with van der Waals surface area (Å²) in [7, 11) is 0. The van der Waals surface area contributed by atoms with Crippen molar-refractivity contribution in [2.24, 2.45) is 0 Å². The van der Waals surface area contributed by atoms with Crippen molar-refractivity contribution in [3.05, 3.63) is 70.2 Å². The molecule has 19 heavy (non-hydrogen) atoms. The molecule has 1 aliphatic carbocycles. The number of benzene rings is 2. The third-order valence-corrected chi connectivity index (χ3v) is 4.04. The van der Waals surface area contributed by atoms with Crippen molar-refractivity contribution in [2.75, 3.05) is 0 Å². The SMILES string of the molecule is O[C@H]1Cc2ccccc2[C@H]1NCc1ccccc1Cl. The van der Waals surface area contributed by atoms with E-state index in [1.807, 2.05) is 36.4 Å². The Morgan fingerprint density at radius 3 is 2.68 bits per heavy atom. The van der Waals surface area contributed by atoms with Gasteiger partial charge in [0.05, 0.1) is 12.1 Å². The first-order valence-corrected chi connectivity index (χ1v) is 6.86. The molecule has 98 valence electrons. The summed E-state index contributed by atoms with van der Waals surface area (Å²) in [4.78, 5) is 0. The maximum Gasteiger partial charge on any atom is 0.0775 e. The predicted molar refractivity (Wildman–Crippen MR) is 77.2 cm³/mol. The zero-order valence-corrected chi connectivity index (χ0v) is 11.3. The minimum Gasteiger partial charge on any atom is -0.391 e. The first-order chi connectivity index (χ1) is 9.25. The van der Waals surface area contributed by atoms with Crippen LogP contribution in [0, 0.1) is 0 Å². The minimum atomic E-state index is -0.361. The minimum absolute atomic E-state index is 0.00697. The molecule has 2 aromatic rings. The van der Waals surface area contributed by atoms with Crippen LogP contribution in [0.25, 0.3) is 0 Å². The topological polar surface area (TPSA) is 32.3 Å². The number of rotatable bonds is 3. The highest BCUT2D eigenvalue weighted by atomic mass is 35.5. The lowest BCUT2D eigenvalue weighted by atomic mass is 10.1. The van der Waals surface area contributed by atoms with E-state index in [1.165, 1.54) is 11.1 Å². The Hall–Kier alpha value is -1.35. The Labute approximate surface area is 118 Å². The van der Waals surface area contributed by atoms with Gasteiger partial charge in [-0.15, -0.1) is 0 Å². The molecule has 2 aromatic carbocycles. The van der Waals surface area contributed by atoms with Gasteiger partial charge in [0.15, 0.2) is 0 Å². The summed E-state index contributed by atoms with van der Waals surface area (Å²) in [5.41, 5.74) is 3.48. The van der Waals surface area contributed by atoms with Gasteiger partial charge in [0.1, 0.15) is 0 Å². The summed E-state index contributed by atoms with van der Waals surface area (Å²) in [6, 6.07) is 16.0. The van der Waals surface area contributed by atoms with Crippen LogP contribution in [0.3, 0.4) is 0 Å². The maximum absolute atomic E-state index is 10.2. The zero-order chi connectivity index (χ0) is 13.2. The van der Waals surface area contributed by atoms with Crippen molar-refractivity contribution in [2.45, 2.75) is 25.1 Å². The van der Waals surface area contributed by atoms with Gasteiger partial charge in [0, 0.05) is 18.0 Å². The molecule has 0 saturated carbocycles. The third-order valence-electron chi connectivity index (χ3n) is 3.67. The predicted octanol–water partition coefficient (Wildman–Crippen LogP) is 3.09. The molecule has 3 rings (SSSR count). The molecule has 0 fully saturated rings. The van der Waals surface area contributed by atoms with Crippen molar-refractivity contribution in [1.29, 1.82) is 0 Å². The fraction of sp³-hybridized carbons (Fsp3) is 0.250. The maximum atomic E-state index is 10.2. The Bertz CT molecular complexity index is 584. The van der Waals surface area contributed by atoms with Gasteiger partial charge in [-0.05, 0) is 22.8 Å². The summed E-state index contributed by atoms with van der Waals surface area (Å²) >= 11 is 6.14. The van der Waals surface area contributed by atoms with Gasteiger partial charge < -0.3 is 10.4 Å². The van der Waals surface area contributed by atoms with Gasteiger partial charge in [-0.25, -0.2) is 0 Å².